The van der Waals surface area contributed by atoms with Crippen LogP contribution in [0.4, 0.5) is 0 Å². The molecule has 0 fully saturated rings. The Labute approximate surface area is 220 Å². The minimum Gasteiger partial charge on any atom is -0.488 e. The number of rotatable bonds is 8. The number of ether oxygens (including phenoxy) is 2. The Hall–Kier alpha value is -2.97. The van der Waals surface area contributed by atoms with Crippen LogP contribution >= 0.6 is 39.3 Å². The van der Waals surface area contributed by atoms with Crippen LogP contribution in [-0.4, -0.2) is 8.75 Å². The molecular weight excluding hydrogens is 546 g/mol. The summed E-state index contributed by atoms with van der Waals surface area (Å²) in [7, 11) is 0. The highest BCUT2D eigenvalue weighted by Gasteiger charge is 2.13. The average molecular weight is 567 g/mol. The van der Waals surface area contributed by atoms with Crippen molar-refractivity contribution in [3.05, 3.63) is 105 Å². The second kappa shape index (κ2) is 10.7. The molecule has 8 heteroatoms. The lowest BCUT2D eigenvalue weighted by Crippen LogP contribution is -2.05. The minimum atomic E-state index is 0.301. The molecular formula is C27H21BrClN3O2S. The van der Waals surface area contributed by atoms with Crippen LogP contribution in [0.25, 0.3) is 22.2 Å². The van der Waals surface area contributed by atoms with Gasteiger partial charge in [0.2, 0.25) is 0 Å². The standard InChI is InChI=1S/C27H21BrClN3O2S/c28-27-19(7-4-8-21(27)18-5-2-1-3-6-18)16-34-26-13-25(20(14-30)12-22(26)29)33-15-17-9-10-23-24(11-17)32-35-31-23/h1-13H,14-16,30H2. The zero-order chi connectivity index (χ0) is 24.2. The van der Waals surface area contributed by atoms with Gasteiger partial charge >= 0.3 is 0 Å². The molecule has 0 bridgehead atoms. The molecule has 5 aromatic rings. The van der Waals surface area contributed by atoms with E-state index in [1.54, 1.807) is 6.07 Å². The third-order valence-corrected chi connectivity index (χ3v) is 7.38. The highest BCUT2D eigenvalue weighted by Crippen LogP contribution is 2.36. The SMILES string of the molecule is NCc1cc(Cl)c(OCc2cccc(-c3ccccc3)c2Br)cc1OCc1ccc2nsnc2c1. The Morgan fingerprint density at radius 2 is 1.60 bits per heavy atom. The molecule has 1 aromatic heterocycles. The van der Waals surface area contributed by atoms with E-state index in [1.165, 1.54) is 11.7 Å². The molecule has 0 spiro atoms. The van der Waals surface area contributed by atoms with E-state index >= 15 is 0 Å². The van der Waals surface area contributed by atoms with Gasteiger partial charge in [-0.2, -0.15) is 8.75 Å². The van der Waals surface area contributed by atoms with Crippen molar-refractivity contribution in [2.75, 3.05) is 0 Å². The molecule has 0 unspecified atom stereocenters. The Morgan fingerprint density at radius 1 is 0.800 bits per heavy atom. The molecule has 4 aromatic carbocycles. The Balaban J connectivity index is 1.34. The summed E-state index contributed by atoms with van der Waals surface area (Å²) in [5, 5.41) is 0.489. The zero-order valence-electron chi connectivity index (χ0n) is 18.6. The fourth-order valence-electron chi connectivity index (χ4n) is 3.75. The minimum absolute atomic E-state index is 0.301. The van der Waals surface area contributed by atoms with Crippen LogP contribution in [0.5, 0.6) is 11.5 Å². The van der Waals surface area contributed by atoms with Gasteiger partial charge in [0.15, 0.2) is 0 Å². The van der Waals surface area contributed by atoms with E-state index in [0.29, 0.717) is 36.3 Å². The van der Waals surface area contributed by atoms with Gasteiger partial charge in [0.25, 0.3) is 0 Å². The summed E-state index contributed by atoms with van der Waals surface area (Å²) in [5.74, 6) is 1.18. The van der Waals surface area contributed by atoms with E-state index in [2.05, 4.69) is 42.9 Å². The lowest BCUT2D eigenvalue weighted by Gasteiger charge is -2.16. The highest BCUT2D eigenvalue weighted by molar-refractivity contribution is 9.10. The van der Waals surface area contributed by atoms with Crippen LogP contribution in [0.2, 0.25) is 5.02 Å². The summed E-state index contributed by atoms with van der Waals surface area (Å²) in [4.78, 5) is 0. The molecule has 0 aliphatic heterocycles. The highest BCUT2D eigenvalue weighted by atomic mass is 79.9. The second-order valence-corrected chi connectivity index (χ2v) is 9.63. The molecule has 5 rings (SSSR count). The Morgan fingerprint density at radius 3 is 2.43 bits per heavy atom. The quantitative estimate of drug-likeness (QED) is 0.212. The van der Waals surface area contributed by atoms with Crippen LogP contribution in [0, 0.1) is 0 Å². The maximum absolute atomic E-state index is 6.52. The summed E-state index contributed by atoms with van der Waals surface area (Å²) in [6, 6.07) is 25.9. The van der Waals surface area contributed by atoms with Gasteiger partial charge in [-0.1, -0.05) is 66.2 Å². The van der Waals surface area contributed by atoms with Crippen molar-refractivity contribution in [3.63, 3.8) is 0 Å². The molecule has 0 aliphatic rings. The molecule has 0 saturated heterocycles. The maximum atomic E-state index is 6.52. The predicted octanol–water partition coefficient (Wildman–Crippen LogP) is 7.39. The molecule has 0 amide bonds. The number of nitrogens with zero attached hydrogens (tertiary/aromatic N) is 2. The van der Waals surface area contributed by atoms with E-state index in [4.69, 9.17) is 26.8 Å². The van der Waals surface area contributed by atoms with E-state index in [1.807, 2.05) is 54.6 Å². The van der Waals surface area contributed by atoms with Crippen LogP contribution in [0.15, 0.2) is 83.3 Å². The number of halogens is 2. The molecule has 0 saturated carbocycles. The number of aromatic nitrogens is 2. The Bertz CT molecular complexity index is 1480. The first-order chi connectivity index (χ1) is 17.1. The van der Waals surface area contributed by atoms with Gasteiger partial charge in [-0.3, -0.25) is 0 Å². The van der Waals surface area contributed by atoms with Crippen molar-refractivity contribution in [2.24, 2.45) is 5.73 Å². The van der Waals surface area contributed by atoms with Crippen molar-refractivity contribution >= 4 is 50.3 Å². The number of hydrogen-bond donors (Lipinski definition) is 1. The van der Waals surface area contributed by atoms with Gasteiger partial charge in [0, 0.05) is 28.2 Å². The van der Waals surface area contributed by atoms with Gasteiger partial charge in [-0.05, 0) is 50.8 Å². The van der Waals surface area contributed by atoms with Crippen molar-refractivity contribution in [1.82, 2.24) is 8.75 Å². The molecule has 1 heterocycles. The Kier molecular flexibility index (Phi) is 7.29. The molecule has 0 atom stereocenters. The fraction of sp³-hybridized carbons (Fsp3) is 0.111. The largest absolute Gasteiger partial charge is 0.488 e. The lowest BCUT2D eigenvalue weighted by atomic mass is 10.0. The number of hydrogen-bond acceptors (Lipinski definition) is 6. The maximum Gasteiger partial charge on any atom is 0.142 e. The van der Waals surface area contributed by atoms with Gasteiger partial charge in [0.1, 0.15) is 35.7 Å². The first-order valence-electron chi connectivity index (χ1n) is 10.9. The molecule has 176 valence electrons. The van der Waals surface area contributed by atoms with Crippen molar-refractivity contribution in [1.29, 1.82) is 0 Å². The normalized spacial score (nSPS) is 11.1. The monoisotopic (exact) mass is 565 g/mol. The van der Waals surface area contributed by atoms with Gasteiger partial charge in [-0.15, -0.1) is 0 Å². The number of nitrogens with two attached hydrogens (primary N) is 1. The van der Waals surface area contributed by atoms with Crippen LogP contribution in [0.3, 0.4) is 0 Å². The average Bonchev–Trinajstić information content (AvgIpc) is 3.36. The number of fused-ring (bicyclic) bond motifs is 1. The van der Waals surface area contributed by atoms with E-state index in [0.717, 1.165) is 43.3 Å². The summed E-state index contributed by atoms with van der Waals surface area (Å²) in [6.07, 6.45) is 0. The topological polar surface area (TPSA) is 70.3 Å². The van der Waals surface area contributed by atoms with Crippen LogP contribution in [0.1, 0.15) is 16.7 Å². The van der Waals surface area contributed by atoms with Gasteiger partial charge < -0.3 is 15.2 Å². The summed E-state index contributed by atoms with van der Waals surface area (Å²) in [6.45, 7) is 1.01. The van der Waals surface area contributed by atoms with E-state index in [9.17, 15) is 0 Å². The van der Waals surface area contributed by atoms with E-state index < -0.39 is 0 Å². The zero-order valence-corrected chi connectivity index (χ0v) is 21.7. The third-order valence-electron chi connectivity index (χ3n) is 5.59. The second-order valence-electron chi connectivity index (χ2n) is 7.90. The summed E-state index contributed by atoms with van der Waals surface area (Å²) in [5.41, 5.74) is 12.7. The molecule has 2 N–H and O–H groups in total. The molecule has 5 nitrogen and oxygen atoms in total. The van der Waals surface area contributed by atoms with Gasteiger partial charge in [-0.25, -0.2) is 0 Å². The van der Waals surface area contributed by atoms with Crippen LogP contribution < -0.4 is 15.2 Å². The number of benzene rings is 4. The first-order valence-corrected chi connectivity index (χ1v) is 12.8. The smallest absolute Gasteiger partial charge is 0.142 e. The molecule has 0 aliphatic carbocycles. The van der Waals surface area contributed by atoms with Gasteiger partial charge in [0.05, 0.1) is 16.8 Å². The summed E-state index contributed by atoms with van der Waals surface area (Å²) >= 11 is 11.5. The van der Waals surface area contributed by atoms with Crippen LogP contribution in [-0.2, 0) is 19.8 Å². The molecule has 35 heavy (non-hydrogen) atoms. The predicted molar refractivity (Wildman–Crippen MR) is 145 cm³/mol. The third kappa shape index (κ3) is 5.33. The van der Waals surface area contributed by atoms with Crippen molar-refractivity contribution in [3.8, 4) is 22.6 Å². The van der Waals surface area contributed by atoms with Crippen molar-refractivity contribution < 1.29 is 9.47 Å². The molecule has 0 radical (unpaired) electrons. The summed E-state index contributed by atoms with van der Waals surface area (Å²) < 4.78 is 21.8. The fourth-order valence-corrected chi connectivity index (χ4v) is 5.11. The lowest BCUT2D eigenvalue weighted by molar-refractivity contribution is 0.288. The van der Waals surface area contributed by atoms with E-state index in [-0.39, 0.29) is 0 Å². The van der Waals surface area contributed by atoms with Crippen molar-refractivity contribution in [2.45, 2.75) is 19.8 Å². The first kappa shape index (κ1) is 23.8.